The molecule has 2 heterocycles. The molecule has 0 fully saturated rings. The van der Waals surface area contributed by atoms with Crippen molar-refractivity contribution in [2.24, 2.45) is 0 Å². The predicted octanol–water partition coefficient (Wildman–Crippen LogP) is 3.59. The number of pyridine rings is 2. The lowest BCUT2D eigenvalue weighted by molar-refractivity contribution is -0.714. The molecule has 22 heavy (non-hydrogen) atoms. The van der Waals surface area contributed by atoms with Crippen LogP contribution in [0.1, 0.15) is 46.5 Å². The Morgan fingerprint density at radius 1 is 0.636 bits per heavy atom. The second kappa shape index (κ2) is 7.04. The standard InChI is InChI=1S/C20H30N2/c1-15-11-17(3)19(5)21(13-15)9-7-8-10-22-14-16(2)12-18(4)20(22)6/h11-14H,7-10H2,1-6H3/q+2. The average molecular weight is 298 g/mol. The van der Waals surface area contributed by atoms with Crippen molar-refractivity contribution in [2.45, 2.75) is 67.5 Å². The lowest BCUT2D eigenvalue weighted by atomic mass is 10.1. The Bertz CT molecular complexity index is 612. The molecule has 0 N–H and O–H groups in total. The van der Waals surface area contributed by atoms with Gasteiger partial charge in [-0.1, -0.05) is 0 Å². The van der Waals surface area contributed by atoms with E-state index in [9.17, 15) is 0 Å². The van der Waals surface area contributed by atoms with Gasteiger partial charge in [0.15, 0.2) is 23.8 Å². The van der Waals surface area contributed by atoms with Gasteiger partial charge < -0.3 is 0 Å². The SMILES string of the molecule is Cc1cc(C)c(C)[n+](CCCC[n+]2cc(C)cc(C)c2C)c1. The van der Waals surface area contributed by atoms with Crippen LogP contribution in [0.3, 0.4) is 0 Å². The first-order valence-electron chi connectivity index (χ1n) is 8.33. The van der Waals surface area contributed by atoms with Crippen LogP contribution in [0.4, 0.5) is 0 Å². The first-order valence-corrected chi connectivity index (χ1v) is 8.33. The Morgan fingerprint density at radius 3 is 1.36 bits per heavy atom. The van der Waals surface area contributed by atoms with Gasteiger partial charge in [0.25, 0.3) is 0 Å². The molecule has 0 saturated carbocycles. The Kier molecular flexibility index (Phi) is 5.33. The molecule has 0 aromatic carbocycles. The van der Waals surface area contributed by atoms with E-state index >= 15 is 0 Å². The summed E-state index contributed by atoms with van der Waals surface area (Å²) in [4.78, 5) is 0. The number of rotatable bonds is 5. The summed E-state index contributed by atoms with van der Waals surface area (Å²) in [5, 5.41) is 0. The van der Waals surface area contributed by atoms with Gasteiger partial charge in [0.1, 0.15) is 13.1 Å². The minimum Gasteiger partial charge on any atom is -0.202 e. The molecule has 0 aliphatic carbocycles. The second-order valence-electron chi connectivity index (χ2n) is 6.67. The van der Waals surface area contributed by atoms with Crippen LogP contribution in [0.2, 0.25) is 0 Å². The van der Waals surface area contributed by atoms with Gasteiger partial charge in [-0.3, -0.25) is 0 Å². The number of hydrogen-bond donors (Lipinski definition) is 0. The molecular formula is C20H30N2+2. The van der Waals surface area contributed by atoms with Crippen molar-refractivity contribution in [3.63, 3.8) is 0 Å². The van der Waals surface area contributed by atoms with E-state index in [4.69, 9.17) is 0 Å². The molecule has 0 radical (unpaired) electrons. The van der Waals surface area contributed by atoms with Crippen molar-refractivity contribution in [3.05, 3.63) is 58.2 Å². The van der Waals surface area contributed by atoms with Crippen LogP contribution in [-0.2, 0) is 13.1 Å². The maximum Gasteiger partial charge on any atom is 0.181 e. The summed E-state index contributed by atoms with van der Waals surface area (Å²) in [6, 6.07) is 4.53. The van der Waals surface area contributed by atoms with E-state index in [-0.39, 0.29) is 0 Å². The summed E-state index contributed by atoms with van der Waals surface area (Å²) in [7, 11) is 0. The van der Waals surface area contributed by atoms with Crippen LogP contribution in [0, 0.1) is 41.5 Å². The zero-order valence-corrected chi connectivity index (χ0v) is 15.0. The zero-order chi connectivity index (χ0) is 16.3. The van der Waals surface area contributed by atoms with Crippen molar-refractivity contribution >= 4 is 0 Å². The molecule has 118 valence electrons. The van der Waals surface area contributed by atoms with E-state index < -0.39 is 0 Å². The largest absolute Gasteiger partial charge is 0.202 e. The van der Waals surface area contributed by atoms with Gasteiger partial charge in [0.2, 0.25) is 0 Å². The fraction of sp³-hybridized carbons (Fsp3) is 0.500. The molecule has 0 spiro atoms. The van der Waals surface area contributed by atoms with Crippen molar-refractivity contribution < 1.29 is 9.13 Å². The van der Waals surface area contributed by atoms with Crippen LogP contribution in [-0.4, -0.2) is 0 Å². The van der Waals surface area contributed by atoms with Crippen molar-refractivity contribution in [3.8, 4) is 0 Å². The average Bonchev–Trinajstić information content (AvgIpc) is 2.44. The fourth-order valence-corrected chi connectivity index (χ4v) is 3.13. The topological polar surface area (TPSA) is 7.76 Å². The summed E-state index contributed by atoms with van der Waals surface area (Å²) in [6.45, 7) is 15.4. The number of aromatic nitrogens is 2. The summed E-state index contributed by atoms with van der Waals surface area (Å²) >= 11 is 0. The Morgan fingerprint density at radius 2 is 1.00 bits per heavy atom. The number of unbranched alkanes of at least 4 members (excludes halogenated alkanes) is 1. The van der Waals surface area contributed by atoms with Crippen LogP contribution in [0.5, 0.6) is 0 Å². The van der Waals surface area contributed by atoms with Crippen LogP contribution < -0.4 is 9.13 Å². The monoisotopic (exact) mass is 298 g/mol. The second-order valence-corrected chi connectivity index (χ2v) is 6.67. The van der Waals surface area contributed by atoms with E-state index in [1.807, 2.05) is 0 Å². The van der Waals surface area contributed by atoms with Crippen molar-refractivity contribution in [1.82, 2.24) is 0 Å². The molecule has 2 rings (SSSR count). The van der Waals surface area contributed by atoms with Gasteiger partial charge in [0.05, 0.1) is 0 Å². The molecule has 2 aromatic rings. The predicted molar refractivity (Wildman–Crippen MR) is 90.9 cm³/mol. The first-order chi connectivity index (χ1) is 10.4. The van der Waals surface area contributed by atoms with Gasteiger partial charge in [-0.05, 0) is 39.8 Å². The molecular weight excluding hydrogens is 268 g/mol. The molecule has 0 amide bonds. The lowest BCUT2D eigenvalue weighted by Gasteiger charge is -2.06. The third kappa shape index (κ3) is 3.94. The zero-order valence-electron chi connectivity index (χ0n) is 15.0. The van der Waals surface area contributed by atoms with Gasteiger partial charge in [0, 0.05) is 48.9 Å². The minimum atomic E-state index is 1.11. The highest BCUT2D eigenvalue weighted by atomic mass is 15.0. The molecule has 2 nitrogen and oxygen atoms in total. The third-order valence-electron chi connectivity index (χ3n) is 4.66. The quantitative estimate of drug-likeness (QED) is 0.589. The summed E-state index contributed by atoms with van der Waals surface area (Å²) in [5.41, 5.74) is 8.26. The molecule has 0 saturated heterocycles. The maximum atomic E-state index is 2.41. The van der Waals surface area contributed by atoms with Crippen molar-refractivity contribution in [1.29, 1.82) is 0 Å². The van der Waals surface area contributed by atoms with Gasteiger partial charge in [-0.25, -0.2) is 9.13 Å². The summed E-state index contributed by atoms with van der Waals surface area (Å²) in [5.74, 6) is 0. The number of aryl methyl sites for hydroxylation is 6. The molecule has 0 aliphatic heterocycles. The van der Waals surface area contributed by atoms with Gasteiger partial charge in [-0.15, -0.1) is 0 Å². The highest BCUT2D eigenvalue weighted by Crippen LogP contribution is 2.06. The van der Waals surface area contributed by atoms with Crippen molar-refractivity contribution in [2.75, 3.05) is 0 Å². The molecule has 2 aromatic heterocycles. The van der Waals surface area contributed by atoms with E-state index in [0.29, 0.717) is 0 Å². The van der Waals surface area contributed by atoms with Crippen LogP contribution in [0.15, 0.2) is 24.5 Å². The highest BCUT2D eigenvalue weighted by molar-refractivity contribution is 5.18. The van der Waals surface area contributed by atoms with Crippen LogP contribution in [0.25, 0.3) is 0 Å². The van der Waals surface area contributed by atoms with E-state index in [2.05, 4.69) is 75.2 Å². The molecule has 0 unspecified atom stereocenters. The third-order valence-corrected chi connectivity index (χ3v) is 4.66. The summed E-state index contributed by atoms with van der Waals surface area (Å²) in [6.07, 6.45) is 6.98. The van der Waals surface area contributed by atoms with E-state index in [1.165, 1.54) is 46.5 Å². The molecule has 0 atom stereocenters. The molecule has 2 heteroatoms. The lowest BCUT2D eigenvalue weighted by Crippen LogP contribution is -2.40. The number of nitrogens with zero attached hydrogens (tertiary/aromatic N) is 2. The summed E-state index contributed by atoms with van der Waals surface area (Å²) < 4.78 is 4.81. The maximum absolute atomic E-state index is 2.41. The number of hydrogen-bond acceptors (Lipinski definition) is 0. The normalized spacial score (nSPS) is 11.0. The first kappa shape index (κ1) is 16.7. The smallest absolute Gasteiger partial charge is 0.181 e. The highest BCUT2D eigenvalue weighted by Gasteiger charge is 2.12. The van der Waals surface area contributed by atoms with E-state index in [1.54, 1.807) is 0 Å². The van der Waals surface area contributed by atoms with E-state index in [0.717, 1.165) is 13.1 Å². The molecule has 0 bridgehead atoms. The Hall–Kier alpha value is -1.70. The van der Waals surface area contributed by atoms with Crippen LogP contribution >= 0.6 is 0 Å². The Balaban J connectivity index is 1.96. The minimum absolute atomic E-state index is 1.11. The Labute approximate surface area is 135 Å². The van der Waals surface area contributed by atoms with Gasteiger partial charge >= 0.3 is 0 Å². The fourth-order valence-electron chi connectivity index (χ4n) is 3.13. The molecule has 0 aliphatic rings. The van der Waals surface area contributed by atoms with Gasteiger partial charge in [-0.2, -0.15) is 0 Å².